The lowest BCUT2D eigenvalue weighted by molar-refractivity contribution is -0.164. The summed E-state index contributed by atoms with van der Waals surface area (Å²) in [7, 11) is 0. The minimum Gasteiger partial charge on any atom is -0.383 e. The van der Waals surface area contributed by atoms with E-state index in [-0.39, 0.29) is 17.8 Å². The number of halogens is 5. The fourth-order valence-electron chi connectivity index (χ4n) is 3.70. The SMILES string of the molecule is CC(n1nc(-c2ccc(CNC(=O)c3cc(F)ccc3F)c3[nH]ncc23)c(C(N)=O)c1N)C(F)(F)F. The number of nitrogens with zero attached hydrogens (tertiary/aromatic N) is 3. The number of nitrogens with one attached hydrogen (secondary N) is 2. The second kappa shape index (κ2) is 8.94. The van der Waals surface area contributed by atoms with Gasteiger partial charge in [0.05, 0.1) is 17.3 Å². The molecular formula is C22H18F5N7O2. The van der Waals surface area contributed by atoms with Gasteiger partial charge in [-0.2, -0.15) is 23.4 Å². The summed E-state index contributed by atoms with van der Waals surface area (Å²) in [4.78, 5) is 24.4. The van der Waals surface area contributed by atoms with Crippen LogP contribution in [-0.2, 0) is 6.54 Å². The van der Waals surface area contributed by atoms with Gasteiger partial charge in [-0.05, 0) is 30.7 Å². The molecule has 0 radical (unpaired) electrons. The van der Waals surface area contributed by atoms with Crippen LogP contribution in [0, 0.1) is 11.6 Å². The van der Waals surface area contributed by atoms with Crippen molar-refractivity contribution in [2.45, 2.75) is 25.7 Å². The molecule has 0 aliphatic rings. The Kier molecular flexibility index (Phi) is 6.12. The molecule has 2 aromatic carbocycles. The number of alkyl halides is 3. The van der Waals surface area contributed by atoms with Crippen LogP contribution in [0.5, 0.6) is 0 Å². The van der Waals surface area contributed by atoms with Crippen LogP contribution >= 0.6 is 0 Å². The van der Waals surface area contributed by atoms with Gasteiger partial charge in [-0.1, -0.05) is 12.1 Å². The van der Waals surface area contributed by atoms with Gasteiger partial charge in [0.1, 0.15) is 34.8 Å². The van der Waals surface area contributed by atoms with E-state index in [1.165, 1.54) is 18.3 Å². The van der Waals surface area contributed by atoms with Crippen LogP contribution in [-0.4, -0.2) is 38.0 Å². The first-order valence-corrected chi connectivity index (χ1v) is 10.3. The maximum atomic E-state index is 13.9. The smallest absolute Gasteiger partial charge is 0.383 e. The molecule has 14 heteroatoms. The van der Waals surface area contributed by atoms with Crippen LogP contribution in [0.25, 0.3) is 22.2 Å². The number of H-pyrrole nitrogens is 1. The van der Waals surface area contributed by atoms with Crippen molar-refractivity contribution in [2.75, 3.05) is 5.73 Å². The number of carbonyl (C=O) groups excluding carboxylic acids is 2. The van der Waals surface area contributed by atoms with Crippen molar-refractivity contribution < 1.29 is 31.5 Å². The van der Waals surface area contributed by atoms with Gasteiger partial charge in [0.25, 0.3) is 11.8 Å². The summed E-state index contributed by atoms with van der Waals surface area (Å²) in [6.07, 6.45) is -3.35. The maximum Gasteiger partial charge on any atom is 0.410 e. The molecule has 2 aromatic heterocycles. The molecule has 9 nitrogen and oxygen atoms in total. The van der Waals surface area contributed by atoms with Crippen LogP contribution in [0.2, 0.25) is 0 Å². The van der Waals surface area contributed by atoms with E-state index in [0.717, 1.165) is 25.1 Å². The average Bonchev–Trinajstić information content (AvgIpc) is 3.42. The summed E-state index contributed by atoms with van der Waals surface area (Å²) in [6, 6.07) is 3.26. The molecule has 0 bridgehead atoms. The van der Waals surface area contributed by atoms with Crippen molar-refractivity contribution in [3.63, 3.8) is 0 Å². The van der Waals surface area contributed by atoms with Crippen molar-refractivity contribution >= 4 is 28.5 Å². The van der Waals surface area contributed by atoms with E-state index in [2.05, 4.69) is 20.6 Å². The van der Waals surface area contributed by atoms with Crippen LogP contribution in [0.4, 0.5) is 27.8 Å². The predicted molar refractivity (Wildman–Crippen MR) is 119 cm³/mol. The van der Waals surface area contributed by atoms with Gasteiger partial charge in [0.15, 0.2) is 0 Å². The highest BCUT2D eigenvalue weighted by atomic mass is 19.4. The summed E-state index contributed by atoms with van der Waals surface area (Å²) < 4.78 is 67.7. The number of benzene rings is 2. The Morgan fingerprint density at radius 2 is 1.92 bits per heavy atom. The number of carbonyl (C=O) groups is 2. The number of rotatable bonds is 6. The highest BCUT2D eigenvalue weighted by Crippen LogP contribution is 2.37. The lowest BCUT2D eigenvalue weighted by atomic mass is 10.0. The quantitative estimate of drug-likeness (QED) is 0.296. The molecule has 4 rings (SSSR count). The van der Waals surface area contributed by atoms with Crippen LogP contribution in [0.1, 0.15) is 39.2 Å². The first-order valence-electron chi connectivity index (χ1n) is 10.3. The van der Waals surface area contributed by atoms with Gasteiger partial charge in [-0.3, -0.25) is 14.7 Å². The van der Waals surface area contributed by atoms with Crippen molar-refractivity contribution in [1.82, 2.24) is 25.3 Å². The van der Waals surface area contributed by atoms with Gasteiger partial charge < -0.3 is 16.8 Å². The Labute approximate surface area is 199 Å². The van der Waals surface area contributed by atoms with Crippen molar-refractivity contribution in [3.05, 3.63) is 64.9 Å². The van der Waals surface area contributed by atoms with E-state index in [9.17, 15) is 31.5 Å². The van der Waals surface area contributed by atoms with Gasteiger partial charge in [0.2, 0.25) is 0 Å². The topological polar surface area (TPSA) is 145 Å². The molecule has 0 spiro atoms. The Morgan fingerprint density at radius 1 is 1.19 bits per heavy atom. The number of aromatic amines is 1. The van der Waals surface area contributed by atoms with E-state index in [1.807, 2.05) is 0 Å². The molecule has 0 saturated heterocycles. The van der Waals surface area contributed by atoms with Crippen LogP contribution in [0.3, 0.4) is 0 Å². The van der Waals surface area contributed by atoms with Gasteiger partial charge in [-0.15, -0.1) is 0 Å². The standard InChI is InChI=1S/C22H18F5N7O2/c1-9(22(25,26)27)34-19(28)16(20(29)35)18(33-34)12-4-2-10(17-14(12)8-31-32-17)7-30-21(36)13-6-11(23)3-5-15(13)24/h2-6,8-9H,7,28H2,1H3,(H2,29,35)(H,30,36)(H,31,32). The van der Waals surface area contributed by atoms with E-state index in [4.69, 9.17) is 11.5 Å². The highest BCUT2D eigenvalue weighted by molar-refractivity contribution is 6.07. The normalized spacial score (nSPS) is 12.6. The van der Waals surface area contributed by atoms with E-state index >= 15 is 0 Å². The number of primary amides is 1. The fourth-order valence-corrected chi connectivity index (χ4v) is 3.70. The number of fused-ring (bicyclic) bond motifs is 1. The molecule has 36 heavy (non-hydrogen) atoms. The third-order valence-electron chi connectivity index (χ3n) is 5.60. The van der Waals surface area contributed by atoms with E-state index in [0.29, 0.717) is 21.1 Å². The summed E-state index contributed by atoms with van der Waals surface area (Å²) in [5.41, 5.74) is 11.2. The molecule has 6 N–H and O–H groups in total. The third-order valence-corrected chi connectivity index (χ3v) is 5.60. The number of hydrogen-bond acceptors (Lipinski definition) is 5. The first-order chi connectivity index (χ1) is 16.9. The number of amides is 2. The minimum atomic E-state index is -4.69. The predicted octanol–water partition coefficient (Wildman–Crippen LogP) is 3.44. The Bertz CT molecular complexity index is 1490. The first kappa shape index (κ1) is 24.6. The van der Waals surface area contributed by atoms with E-state index in [1.54, 1.807) is 0 Å². The van der Waals surface area contributed by atoms with Gasteiger partial charge >= 0.3 is 6.18 Å². The number of hydrogen-bond donors (Lipinski definition) is 4. The lowest BCUT2D eigenvalue weighted by Crippen LogP contribution is -2.26. The summed E-state index contributed by atoms with van der Waals surface area (Å²) in [5, 5.41) is 13.4. The van der Waals surface area contributed by atoms with Gasteiger partial charge in [0, 0.05) is 17.5 Å². The largest absolute Gasteiger partial charge is 0.410 e. The molecule has 0 aliphatic heterocycles. The number of aromatic nitrogens is 4. The number of anilines is 1. The lowest BCUT2D eigenvalue weighted by Gasteiger charge is -2.17. The maximum absolute atomic E-state index is 13.9. The molecule has 0 saturated carbocycles. The molecule has 188 valence electrons. The number of nitrogens with two attached hydrogens (primary N) is 2. The fraction of sp³-hybridized carbons (Fsp3) is 0.182. The number of nitrogen functional groups attached to an aromatic ring is 1. The van der Waals surface area contributed by atoms with E-state index < -0.39 is 52.6 Å². The third kappa shape index (κ3) is 4.32. The zero-order valence-electron chi connectivity index (χ0n) is 18.5. The molecule has 0 fully saturated rings. The molecular weight excluding hydrogens is 489 g/mol. The van der Waals surface area contributed by atoms with Crippen LogP contribution in [0.15, 0.2) is 36.5 Å². The minimum absolute atomic E-state index is 0.141. The Morgan fingerprint density at radius 3 is 2.58 bits per heavy atom. The summed E-state index contributed by atoms with van der Waals surface area (Å²) in [5.74, 6) is -4.19. The second-order valence-corrected chi connectivity index (χ2v) is 7.87. The molecule has 4 aromatic rings. The van der Waals surface area contributed by atoms with Crippen molar-refractivity contribution in [1.29, 1.82) is 0 Å². The molecule has 2 amide bonds. The monoisotopic (exact) mass is 507 g/mol. The van der Waals surface area contributed by atoms with Crippen molar-refractivity contribution in [3.8, 4) is 11.3 Å². The molecule has 1 atom stereocenters. The molecule has 2 heterocycles. The Balaban J connectivity index is 1.72. The van der Waals surface area contributed by atoms with Gasteiger partial charge in [-0.25, -0.2) is 13.5 Å². The summed E-state index contributed by atoms with van der Waals surface area (Å²) >= 11 is 0. The van der Waals surface area contributed by atoms with Crippen LogP contribution < -0.4 is 16.8 Å². The average molecular weight is 507 g/mol. The second-order valence-electron chi connectivity index (χ2n) is 7.87. The Hall–Kier alpha value is -4.49. The molecule has 0 aliphatic carbocycles. The zero-order valence-corrected chi connectivity index (χ0v) is 18.5. The molecule has 1 unspecified atom stereocenters. The zero-order chi connectivity index (χ0) is 26.4. The highest BCUT2D eigenvalue weighted by Gasteiger charge is 2.40. The van der Waals surface area contributed by atoms with Crippen molar-refractivity contribution in [2.24, 2.45) is 5.73 Å². The summed E-state index contributed by atoms with van der Waals surface area (Å²) in [6.45, 7) is 0.691.